The van der Waals surface area contributed by atoms with E-state index in [-0.39, 0.29) is 6.10 Å². The molecular weight excluding hydrogens is 188 g/mol. The van der Waals surface area contributed by atoms with Crippen LogP contribution in [-0.4, -0.2) is 18.5 Å². The number of carbonyl (C=O) groups excluding carboxylic acids is 1. The van der Waals surface area contributed by atoms with Gasteiger partial charge in [0.1, 0.15) is 6.10 Å². The van der Waals surface area contributed by atoms with Gasteiger partial charge in [0, 0.05) is 12.5 Å². The van der Waals surface area contributed by atoms with Crippen LogP contribution in [0.2, 0.25) is 0 Å². The summed E-state index contributed by atoms with van der Waals surface area (Å²) < 4.78 is 5.70. The minimum Gasteiger partial charge on any atom is -0.370 e. The second kappa shape index (κ2) is 5.11. The lowest BCUT2D eigenvalue weighted by Gasteiger charge is -2.29. The smallest absolute Gasteiger partial charge is 0.164 e. The molecule has 2 aliphatic carbocycles. The first-order valence-corrected chi connectivity index (χ1v) is 6.48. The standard InChI is InChI=1S/C13H22O2/c1-2-15-13(12(14)10-8-9-10)11-6-4-3-5-7-11/h10-11,13H,2-9H2,1H3. The molecule has 2 nitrogen and oxygen atoms in total. The number of hydrogen-bond acceptors (Lipinski definition) is 2. The van der Waals surface area contributed by atoms with E-state index in [1.807, 2.05) is 6.92 Å². The van der Waals surface area contributed by atoms with E-state index >= 15 is 0 Å². The number of carbonyl (C=O) groups is 1. The molecule has 0 amide bonds. The van der Waals surface area contributed by atoms with Crippen molar-refractivity contribution in [3.63, 3.8) is 0 Å². The third-order valence-electron chi connectivity index (χ3n) is 3.68. The Morgan fingerprint density at radius 3 is 2.40 bits per heavy atom. The van der Waals surface area contributed by atoms with Crippen molar-refractivity contribution in [1.82, 2.24) is 0 Å². The lowest BCUT2D eigenvalue weighted by Crippen LogP contribution is -2.35. The van der Waals surface area contributed by atoms with Crippen molar-refractivity contribution in [2.24, 2.45) is 11.8 Å². The van der Waals surface area contributed by atoms with E-state index in [0.29, 0.717) is 24.2 Å². The summed E-state index contributed by atoms with van der Waals surface area (Å²) in [7, 11) is 0. The van der Waals surface area contributed by atoms with Crippen LogP contribution in [0.3, 0.4) is 0 Å². The maximum Gasteiger partial charge on any atom is 0.164 e. The zero-order valence-electron chi connectivity index (χ0n) is 9.71. The van der Waals surface area contributed by atoms with Crippen molar-refractivity contribution in [2.75, 3.05) is 6.61 Å². The molecule has 0 aliphatic heterocycles. The van der Waals surface area contributed by atoms with E-state index < -0.39 is 0 Å². The van der Waals surface area contributed by atoms with Gasteiger partial charge in [-0.3, -0.25) is 4.79 Å². The van der Waals surface area contributed by atoms with Crippen molar-refractivity contribution >= 4 is 5.78 Å². The molecule has 0 aromatic rings. The summed E-state index contributed by atoms with van der Waals surface area (Å²) in [4.78, 5) is 12.1. The first-order valence-electron chi connectivity index (χ1n) is 6.48. The largest absolute Gasteiger partial charge is 0.370 e. The molecule has 2 aliphatic rings. The van der Waals surface area contributed by atoms with Gasteiger partial charge < -0.3 is 4.74 Å². The van der Waals surface area contributed by atoms with E-state index in [4.69, 9.17) is 4.74 Å². The van der Waals surface area contributed by atoms with Gasteiger partial charge in [0.25, 0.3) is 0 Å². The van der Waals surface area contributed by atoms with Crippen molar-refractivity contribution in [1.29, 1.82) is 0 Å². The molecule has 0 aromatic carbocycles. The number of ketones is 1. The van der Waals surface area contributed by atoms with Gasteiger partial charge in [0.15, 0.2) is 5.78 Å². The second-order valence-corrected chi connectivity index (χ2v) is 4.95. The molecule has 0 radical (unpaired) electrons. The third-order valence-corrected chi connectivity index (χ3v) is 3.68. The monoisotopic (exact) mass is 210 g/mol. The Morgan fingerprint density at radius 2 is 1.87 bits per heavy atom. The van der Waals surface area contributed by atoms with Crippen LogP contribution in [-0.2, 0) is 9.53 Å². The van der Waals surface area contributed by atoms with Gasteiger partial charge in [-0.05, 0) is 38.5 Å². The zero-order valence-corrected chi connectivity index (χ0v) is 9.71. The Labute approximate surface area is 92.4 Å². The van der Waals surface area contributed by atoms with Crippen molar-refractivity contribution in [3.8, 4) is 0 Å². The van der Waals surface area contributed by atoms with Crippen molar-refractivity contribution in [3.05, 3.63) is 0 Å². The summed E-state index contributed by atoms with van der Waals surface area (Å²) in [5, 5.41) is 0. The Bertz CT molecular complexity index is 215. The molecule has 1 atom stereocenters. The lowest BCUT2D eigenvalue weighted by atomic mass is 9.83. The van der Waals surface area contributed by atoms with Gasteiger partial charge in [-0.25, -0.2) is 0 Å². The van der Waals surface area contributed by atoms with Crippen LogP contribution in [0.5, 0.6) is 0 Å². The van der Waals surface area contributed by atoms with Crippen LogP contribution in [0, 0.1) is 11.8 Å². The molecule has 2 saturated carbocycles. The molecule has 2 rings (SSSR count). The molecule has 15 heavy (non-hydrogen) atoms. The average Bonchev–Trinajstić information content (AvgIpc) is 3.10. The molecule has 0 heterocycles. The van der Waals surface area contributed by atoms with Crippen LogP contribution >= 0.6 is 0 Å². The Balaban J connectivity index is 1.93. The average molecular weight is 210 g/mol. The first-order chi connectivity index (χ1) is 7.33. The van der Waals surface area contributed by atoms with Crippen LogP contribution in [0.1, 0.15) is 51.9 Å². The molecular formula is C13H22O2. The fraction of sp³-hybridized carbons (Fsp3) is 0.923. The summed E-state index contributed by atoms with van der Waals surface area (Å²) in [6.45, 7) is 2.68. The van der Waals surface area contributed by atoms with Crippen LogP contribution < -0.4 is 0 Å². The Kier molecular flexibility index (Phi) is 3.79. The maximum atomic E-state index is 12.1. The van der Waals surface area contributed by atoms with Crippen molar-refractivity contribution in [2.45, 2.75) is 58.0 Å². The molecule has 0 aromatic heterocycles. The lowest BCUT2D eigenvalue weighted by molar-refractivity contribution is -0.136. The number of rotatable bonds is 5. The van der Waals surface area contributed by atoms with E-state index in [1.165, 1.54) is 32.1 Å². The number of hydrogen-bond donors (Lipinski definition) is 0. The van der Waals surface area contributed by atoms with Gasteiger partial charge >= 0.3 is 0 Å². The molecule has 0 N–H and O–H groups in total. The van der Waals surface area contributed by atoms with Crippen LogP contribution in [0.25, 0.3) is 0 Å². The topological polar surface area (TPSA) is 26.3 Å². The van der Waals surface area contributed by atoms with Gasteiger partial charge in [-0.1, -0.05) is 19.3 Å². The first kappa shape index (κ1) is 11.1. The van der Waals surface area contributed by atoms with Crippen LogP contribution in [0.4, 0.5) is 0 Å². The minimum atomic E-state index is -0.0669. The highest BCUT2D eigenvalue weighted by Gasteiger charge is 2.39. The highest BCUT2D eigenvalue weighted by molar-refractivity contribution is 5.87. The summed E-state index contributed by atoms with van der Waals surface area (Å²) in [6.07, 6.45) is 8.45. The maximum absolute atomic E-state index is 12.1. The summed E-state index contributed by atoms with van der Waals surface area (Å²) in [5.41, 5.74) is 0. The van der Waals surface area contributed by atoms with Gasteiger partial charge in [-0.15, -0.1) is 0 Å². The molecule has 1 unspecified atom stereocenters. The predicted octanol–water partition coefficient (Wildman–Crippen LogP) is 2.95. The number of Topliss-reactive ketones (excluding diaryl/α,β-unsaturated/α-hetero) is 1. The highest BCUT2D eigenvalue weighted by Crippen LogP contribution is 2.36. The second-order valence-electron chi connectivity index (χ2n) is 4.95. The third kappa shape index (κ3) is 2.81. The van der Waals surface area contributed by atoms with E-state index in [0.717, 1.165) is 12.8 Å². The van der Waals surface area contributed by atoms with Gasteiger partial charge in [0.05, 0.1) is 0 Å². The predicted molar refractivity (Wildman–Crippen MR) is 59.7 cm³/mol. The van der Waals surface area contributed by atoms with E-state index in [1.54, 1.807) is 0 Å². The fourth-order valence-electron chi connectivity index (χ4n) is 2.67. The molecule has 86 valence electrons. The Morgan fingerprint density at radius 1 is 1.20 bits per heavy atom. The summed E-state index contributed by atoms with van der Waals surface area (Å²) >= 11 is 0. The molecule has 0 spiro atoms. The molecule has 0 bridgehead atoms. The SMILES string of the molecule is CCOC(C(=O)C1CC1)C1CCCCC1. The van der Waals surface area contributed by atoms with Gasteiger partial charge in [0.2, 0.25) is 0 Å². The molecule has 2 heteroatoms. The van der Waals surface area contributed by atoms with Gasteiger partial charge in [-0.2, -0.15) is 0 Å². The number of ether oxygens (including phenoxy) is 1. The summed E-state index contributed by atoms with van der Waals surface area (Å²) in [5.74, 6) is 1.28. The Hall–Kier alpha value is -0.370. The zero-order chi connectivity index (χ0) is 10.7. The fourth-order valence-corrected chi connectivity index (χ4v) is 2.67. The van der Waals surface area contributed by atoms with Crippen LogP contribution in [0.15, 0.2) is 0 Å². The normalized spacial score (nSPS) is 25.1. The quantitative estimate of drug-likeness (QED) is 0.697. The minimum absolute atomic E-state index is 0.0669. The molecule has 2 fully saturated rings. The summed E-state index contributed by atoms with van der Waals surface area (Å²) in [6, 6.07) is 0. The van der Waals surface area contributed by atoms with E-state index in [2.05, 4.69) is 0 Å². The van der Waals surface area contributed by atoms with Crippen molar-refractivity contribution < 1.29 is 9.53 Å². The van der Waals surface area contributed by atoms with E-state index in [9.17, 15) is 4.79 Å². The molecule has 0 saturated heterocycles. The highest BCUT2D eigenvalue weighted by atomic mass is 16.5.